The van der Waals surface area contributed by atoms with Crippen LogP contribution < -0.4 is 15.0 Å². The smallest absolute Gasteiger partial charge is 0.337 e. The van der Waals surface area contributed by atoms with Crippen LogP contribution in [0.2, 0.25) is 0 Å². The predicted molar refractivity (Wildman–Crippen MR) is 103 cm³/mol. The minimum Gasteiger partial charge on any atom is -0.494 e. The number of rotatable bonds is 9. The van der Waals surface area contributed by atoms with Crippen molar-refractivity contribution in [3.8, 4) is 5.75 Å². The number of amides is 1. The van der Waals surface area contributed by atoms with Crippen molar-refractivity contribution in [1.29, 1.82) is 0 Å². The molecular formula is C21H27N2O4+. The Labute approximate surface area is 160 Å². The first-order valence-corrected chi connectivity index (χ1v) is 8.98. The van der Waals surface area contributed by atoms with Crippen molar-refractivity contribution < 1.29 is 24.0 Å². The zero-order chi connectivity index (χ0) is 19.6. The van der Waals surface area contributed by atoms with E-state index in [1.54, 1.807) is 12.1 Å². The van der Waals surface area contributed by atoms with Crippen molar-refractivity contribution in [3.05, 3.63) is 65.2 Å². The fraction of sp³-hybridized carbons (Fsp3) is 0.333. The van der Waals surface area contributed by atoms with Crippen LogP contribution in [-0.4, -0.2) is 39.2 Å². The van der Waals surface area contributed by atoms with E-state index in [-0.39, 0.29) is 11.9 Å². The molecule has 0 aromatic heterocycles. The van der Waals surface area contributed by atoms with Gasteiger partial charge in [0.1, 0.15) is 12.3 Å². The molecular weight excluding hydrogens is 344 g/mol. The molecule has 0 bridgehead atoms. The van der Waals surface area contributed by atoms with Crippen LogP contribution >= 0.6 is 0 Å². The van der Waals surface area contributed by atoms with Crippen molar-refractivity contribution in [3.63, 3.8) is 0 Å². The molecule has 2 aromatic rings. The second kappa shape index (κ2) is 10.3. The van der Waals surface area contributed by atoms with Crippen LogP contribution in [0.3, 0.4) is 0 Å². The number of benzene rings is 2. The third-order valence-electron chi connectivity index (χ3n) is 4.07. The zero-order valence-corrected chi connectivity index (χ0v) is 16.1. The van der Waals surface area contributed by atoms with Gasteiger partial charge in [0.15, 0.2) is 6.54 Å². The molecule has 0 saturated heterocycles. The van der Waals surface area contributed by atoms with Crippen LogP contribution in [0.1, 0.15) is 28.4 Å². The third kappa shape index (κ3) is 6.75. The largest absolute Gasteiger partial charge is 0.494 e. The van der Waals surface area contributed by atoms with Crippen molar-refractivity contribution >= 4 is 11.9 Å². The van der Waals surface area contributed by atoms with Gasteiger partial charge in [-0.25, -0.2) is 4.79 Å². The number of ether oxygens (including phenoxy) is 2. The number of carbonyl (C=O) groups is 2. The van der Waals surface area contributed by atoms with Gasteiger partial charge in [0.2, 0.25) is 0 Å². The Morgan fingerprint density at radius 3 is 2.22 bits per heavy atom. The Morgan fingerprint density at radius 2 is 1.63 bits per heavy atom. The Bertz CT molecular complexity index is 742. The molecule has 0 spiro atoms. The summed E-state index contributed by atoms with van der Waals surface area (Å²) in [6, 6.07) is 14.9. The molecule has 0 fully saturated rings. The lowest BCUT2D eigenvalue weighted by molar-refractivity contribution is -0.885. The molecule has 2 aromatic carbocycles. The second-order valence-corrected chi connectivity index (χ2v) is 6.35. The number of likely N-dealkylation sites (N-methyl/N-ethyl adjacent to an activating group) is 1. The predicted octanol–water partition coefficient (Wildman–Crippen LogP) is 1.20. The van der Waals surface area contributed by atoms with Gasteiger partial charge in [-0.05, 0) is 48.9 Å². The van der Waals surface area contributed by atoms with E-state index in [2.05, 4.69) is 10.1 Å². The van der Waals surface area contributed by atoms with Gasteiger partial charge in [-0.3, -0.25) is 4.79 Å². The summed E-state index contributed by atoms with van der Waals surface area (Å²) in [7, 11) is 3.34. The van der Waals surface area contributed by atoms with Gasteiger partial charge in [-0.15, -0.1) is 0 Å². The molecule has 6 nitrogen and oxygen atoms in total. The lowest BCUT2D eigenvalue weighted by atomic mass is 10.1. The molecule has 1 unspecified atom stereocenters. The van der Waals surface area contributed by atoms with Gasteiger partial charge in [-0.1, -0.05) is 12.1 Å². The zero-order valence-electron chi connectivity index (χ0n) is 16.1. The van der Waals surface area contributed by atoms with Crippen molar-refractivity contribution in [2.24, 2.45) is 0 Å². The van der Waals surface area contributed by atoms with Gasteiger partial charge < -0.3 is 19.7 Å². The first kappa shape index (κ1) is 20.5. The lowest BCUT2D eigenvalue weighted by Gasteiger charge is -2.14. The molecule has 0 heterocycles. The number of quaternary nitrogens is 1. The third-order valence-corrected chi connectivity index (χ3v) is 4.07. The fourth-order valence-corrected chi connectivity index (χ4v) is 2.69. The number of esters is 1. The van der Waals surface area contributed by atoms with Crippen molar-refractivity contribution in [2.75, 3.05) is 27.3 Å². The standard InChI is InChI=1S/C21H26N2O4/c1-4-27-19-11-7-17(8-12-19)14-23(2)15-20(24)22-13-16-5-9-18(10-6-16)21(25)26-3/h5-12H,4,13-15H2,1-3H3,(H,22,24)/p+1. The van der Waals surface area contributed by atoms with Gasteiger partial charge >= 0.3 is 5.97 Å². The van der Waals surface area contributed by atoms with Gasteiger partial charge in [0.25, 0.3) is 5.91 Å². The molecule has 0 aliphatic heterocycles. The molecule has 0 radical (unpaired) electrons. The Hall–Kier alpha value is -2.86. The van der Waals surface area contributed by atoms with E-state index in [1.165, 1.54) is 7.11 Å². The lowest BCUT2D eigenvalue weighted by Crippen LogP contribution is -3.08. The van der Waals surface area contributed by atoms with E-state index >= 15 is 0 Å². The molecule has 0 aliphatic carbocycles. The van der Waals surface area contributed by atoms with E-state index in [0.29, 0.717) is 25.3 Å². The maximum absolute atomic E-state index is 12.2. The average molecular weight is 371 g/mol. The highest BCUT2D eigenvalue weighted by Gasteiger charge is 2.11. The summed E-state index contributed by atoms with van der Waals surface area (Å²) >= 11 is 0. The number of carbonyl (C=O) groups excluding carboxylic acids is 2. The van der Waals surface area contributed by atoms with Gasteiger partial charge in [-0.2, -0.15) is 0 Å². The average Bonchev–Trinajstić information content (AvgIpc) is 2.68. The molecule has 27 heavy (non-hydrogen) atoms. The number of hydrogen-bond donors (Lipinski definition) is 2. The molecule has 2 rings (SSSR count). The summed E-state index contributed by atoms with van der Waals surface area (Å²) < 4.78 is 10.1. The van der Waals surface area contributed by atoms with E-state index < -0.39 is 0 Å². The fourth-order valence-electron chi connectivity index (χ4n) is 2.69. The topological polar surface area (TPSA) is 69.1 Å². The summed E-state index contributed by atoms with van der Waals surface area (Å²) in [6.07, 6.45) is 0. The van der Waals surface area contributed by atoms with Crippen LogP contribution in [0, 0.1) is 0 Å². The first-order chi connectivity index (χ1) is 13.0. The molecule has 1 amide bonds. The van der Waals surface area contributed by atoms with E-state index in [1.807, 2.05) is 50.4 Å². The summed E-state index contributed by atoms with van der Waals surface area (Å²) in [5.41, 5.74) is 2.58. The Kier molecular flexibility index (Phi) is 7.82. The van der Waals surface area contributed by atoms with Crippen LogP contribution in [0.5, 0.6) is 5.75 Å². The van der Waals surface area contributed by atoms with Crippen LogP contribution in [0.15, 0.2) is 48.5 Å². The summed E-state index contributed by atoms with van der Waals surface area (Å²) in [5.74, 6) is 0.468. The van der Waals surface area contributed by atoms with Crippen molar-refractivity contribution in [1.82, 2.24) is 5.32 Å². The molecule has 0 aliphatic rings. The first-order valence-electron chi connectivity index (χ1n) is 8.98. The molecule has 0 saturated carbocycles. The second-order valence-electron chi connectivity index (χ2n) is 6.35. The highest BCUT2D eigenvalue weighted by Crippen LogP contribution is 2.11. The summed E-state index contributed by atoms with van der Waals surface area (Å²) in [5, 5.41) is 2.91. The quantitative estimate of drug-likeness (QED) is 0.650. The van der Waals surface area contributed by atoms with Gasteiger partial charge in [0, 0.05) is 12.1 Å². The number of methoxy groups -OCH3 is 1. The molecule has 6 heteroatoms. The maximum atomic E-state index is 12.2. The number of nitrogens with one attached hydrogen (secondary N) is 2. The van der Waals surface area contributed by atoms with Crippen LogP contribution in [-0.2, 0) is 22.6 Å². The van der Waals surface area contributed by atoms with E-state index in [4.69, 9.17) is 4.74 Å². The SMILES string of the molecule is CCOc1ccc(C[NH+](C)CC(=O)NCc2ccc(C(=O)OC)cc2)cc1. The van der Waals surface area contributed by atoms with Gasteiger partial charge in [0.05, 0.1) is 26.3 Å². The number of hydrogen-bond acceptors (Lipinski definition) is 4. The van der Waals surface area contributed by atoms with E-state index in [9.17, 15) is 9.59 Å². The minimum absolute atomic E-state index is 0.0181. The minimum atomic E-state index is -0.370. The van der Waals surface area contributed by atoms with Crippen LogP contribution in [0.25, 0.3) is 0 Å². The summed E-state index contributed by atoms with van der Waals surface area (Å²) in [6.45, 7) is 4.17. The highest BCUT2D eigenvalue weighted by atomic mass is 16.5. The Balaban J connectivity index is 1.76. The van der Waals surface area contributed by atoms with Crippen molar-refractivity contribution in [2.45, 2.75) is 20.0 Å². The molecule has 2 N–H and O–H groups in total. The molecule has 144 valence electrons. The highest BCUT2D eigenvalue weighted by molar-refractivity contribution is 5.89. The summed E-state index contributed by atoms with van der Waals surface area (Å²) in [4.78, 5) is 24.7. The normalized spacial score (nSPS) is 11.5. The maximum Gasteiger partial charge on any atom is 0.337 e. The monoisotopic (exact) mass is 371 g/mol. The molecule has 1 atom stereocenters. The van der Waals surface area contributed by atoms with Crippen LogP contribution in [0.4, 0.5) is 0 Å². The Morgan fingerprint density at radius 1 is 1.00 bits per heavy atom. The van der Waals surface area contributed by atoms with E-state index in [0.717, 1.165) is 28.3 Å².